The first-order valence-electron chi connectivity index (χ1n) is 9.29. The number of carbonyl (C=O) groups is 2. The molecule has 0 radical (unpaired) electrons. The number of methoxy groups -OCH3 is 1. The van der Waals surface area contributed by atoms with E-state index in [0.29, 0.717) is 29.6 Å². The summed E-state index contributed by atoms with van der Waals surface area (Å²) in [6.45, 7) is 0.175. The number of aromatic nitrogens is 2. The van der Waals surface area contributed by atoms with Crippen LogP contribution in [0.25, 0.3) is 11.0 Å². The Morgan fingerprint density at radius 3 is 2.61 bits per heavy atom. The van der Waals surface area contributed by atoms with Gasteiger partial charge in [-0.3, -0.25) is 4.79 Å². The molecule has 1 aromatic carbocycles. The second-order valence-corrected chi connectivity index (χ2v) is 9.17. The zero-order chi connectivity index (χ0) is 22.3. The van der Waals surface area contributed by atoms with E-state index in [1.165, 1.54) is 18.2 Å². The summed E-state index contributed by atoms with van der Waals surface area (Å²) in [6, 6.07) is 7.12. The maximum Gasteiger partial charge on any atom is 0.379 e. The highest BCUT2D eigenvalue weighted by Gasteiger charge is 2.33. The van der Waals surface area contributed by atoms with Crippen molar-refractivity contribution in [1.29, 1.82) is 0 Å². The summed E-state index contributed by atoms with van der Waals surface area (Å²) in [7, 11) is -2.76. The number of sulfonamides is 1. The molecule has 8 nitrogen and oxygen atoms in total. The van der Waals surface area contributed by atoms with E-state index in [0.717, 1.165) is 19.2 Å². The Hall–Kier alpha value is -2.82. The normalized spacial score (nSPS) is 16.2. The second-order valence-electron chi connectivity index (χ2n) is 7.07. The summed E-state index contributed by atoms with van der Waals surface area (Å²) in [5.41, 5.74) is 1.13. The number of ketones is 1. The van der Waals surface area contributed by atoms with Crippen molar-refractivity contribution in [1.82, 2.24) is 14.3 Å². The van der Waals surface area contributed by atoms with Crippen LogP contribution >= 0.6 is 11.6 Å². The zero-order valence-corrected chi connectivity index (χ0v) is 17.8. The first-order chi connectivity index (χ1) is 14.7. The average Bonchev–Trinajstić information content (AvgIpc) is 3.05. The predicted octanol–water partition coefficient (Wildman–Crippen LogP) is 2.48. The van der Waals surface area contributed by atoms with Gasteiger partial charge in [0.2, 0.25) is 10.0 Å². The molecule has 162 valence electrons. The molecule has 0 spiro atoms. The molecule has 1 N–H and O–H groups in total. The Morgan fingerprint density at radius 2 is 1.94 bits per heavy atom. The van der Waals surface area contributed by atoms with Crippen molar-refractivity contribution in [2.75, 3.05) is 7.11 Å². The van der Waals surface area contributed by atoms with Crippen LogP contribution in [0.2, 0.25) is 5.15 Å². The number of rotatable bonds is 5. The van der Waals surface area contributed by atoms with Crippen LogP contribution in [0.1, 0.15) is 22.5 Å². The Balaban J connectivity index is 1.71. The quantitative estimate of drug-likeness (QED) is 0.268. The number of carbonyl (C=O) groups excluding carboxylic acids is 2. The van der Waals surface area contributed by atoms with Crippen molar-refractivity contribution in [3.8, 4) is 0 Å². The Bertz CT molecular complexity index is 1300. The van der Waals surface area contributed by atoms with Gasteiger partial charge in [-0.2, -0.15) is 0 Å². The minimum Gasteiger partial charge on any atom is -0.463 e. The van der Waals surface area contributed by atoms with E-state index in [-0.39, 0.29) is 22.2 Å². The molecule has 0 amide bonds. The molecule has 0 bridgehead atoms. The largest absolute Gasteiger partial charge is 0.463 e. The van der Waals surface area contributed by atoms with Crippen molar-refractivity contribution in [3.05, 3.63) is 58.6 Å². The second kappa shape index (κ2) is 8.03. The number of benzene rings is 1. The van der Waals surface area contributed by atoms with Gasteiger partial charge in [0.25, 0.3) is 5.78 Å². The first kappa shape index (κ1) is 21.4. The number of halogens is 2. The van der Waals surface area contributed by atoms with Crippen molar-refractivity contribution >= 4 is 44.4 Å². The van der Waals surface area contributed by atoms with Gasteiger partial charge in [0.1, 0.15) is 16.6 Å². The molecule has 0 saturated carbocycles. The Morgan fingerprint density at radius 1 is 1.23 bits per heavy atom. The van der Waals surface area contributed by atoms with Gasteiger partial charge in [-0.25, -0.2) is 27.3 Å². The number of pyridine rings is 1. The molecule has 1 aliphatic rings. The molecule has 4 rings (SSSR count). The summed E-state index contributed by atoms with van der Waals surface area (Å²) in [5.74, 6) is -2.33. The van der Waals surface area contributed by atoms with Gasteiger partial charge in [-0.1, -0.05) is 11.6 Å². The average molecular weight is 466 g/mol. The van der Waals surface area contributed by atoms with E-state index in [1.807, 2.05) is 0 Å². The molecule has 1 atom stereocenters. The fraction of sp³-hybridized carbons (Fsp3) is 0.250. The maximum atomic E-state index is 13.1. The summed E-state index contributed by atoms with van der Waals surface area (Å²) < 4.78 is 47.4. The number of fused-ring (bicyclic) bond motifs is 3. The topological polar surface area (TPSA) is 107 Å². The van der Waals surface area contributed by atoms with Crippen molar-refractivity contribution in [2.45, 2.75) is 30.3 Å². The molecule has 0 saturated heterocycles. The van der Waals surface area contributed by atoms with E-state index in [2.05, 4.69) is 14.4 Å². The first-order valence-corrected chi connectivity index (χ1v) is 11.2. The number of hydrogen-bond acceptors (Lipinski definition) is 6. The molecule has 0 fully saturated rings. The lowest BCUT2D eigenvalue weighted by Gasteiger charge is -2.26. The number of esters is 1. The predicted molar refractivity (Wildman–Crippen MR) is 110 cm³/mol. The SMILES string of the molecule is COC(=O)C(=O)c1c2n(c3nc(Cl)ccc13)CC(NS(=O)(=O)c1ccc(F)cc1)CC2. The van der Waals surface area contributed by atoms with Gasteiger partial charge in [-0.05, 0) is 49.2 Å². The van der Waals surface area contributed by atoms with Gasteiger partial charge in [0.05, 0.1) is 17.6 Å². The highest BCUT2D eigenvalue weighted by Crippen LogP contribution is 2.32. The number of Topliss-reactive ketones (excluding diaryl/α,β-unsaturated/α-hetero) is 1. The molecule has 0 aliphatic carbocycles. The van der Waals surface area contributed by atoms with Crippen molar-refractivity contribution < 1.29 is 27.1 Å². The molecular formula is C20H17ClFN3O5S. The van der Waals surface area contributed by atoms with Crippen molar-refractivity contribution in [2.24, 2.45) is 0 Å². The van der Waals surface area contributed by atoms with Crippen molar-refractivity contribution in [3.63, 3.8) is 0 Å². The van der Waals surface area contributed by atoms with Crippen LogP contribution in [-0.4, -0.2) is 42.9 Å². The monoisotopic (exact) mass is 465 g/mol. The number of hydrogen-bond donors (Lipinski definition) is 1. The van der Waals surface area contributed by atoms with E-state index >= 15 is 0 Å². The van der Waals surface area contributed by atoms with E-state index in [4.69, 9.17) is 11.6 Å². The molecule has 3 aromatic rings. The van der Waals surface area contributed by atoms with Gasteiger partial charge in [0, 0.05) is 23.7 Å². The van der Waals surface area contributed by atoms with Crippen LogP contribution in [0, 0.1) is 5.82 Å². The standard InChI is InChI=1S/C20H17ClFN3O5S/c1-30-20(27)18(26)17-14-7-9-16(21)23-19(14)25-10-12(4-8-15(17)25)24-31(28,29)13-5-2-11(22)3-6-13/h2-3,5-7,9,12,24H,4,8,10H2,1H3. The van der Waals surface area contributed by atoms with Crippen LogP contribution in [0.5, 0.6) is 0 Å². The van der Waals surface area contributed by atoms with Crippen LogP contribution in [-0.2, 0) is 32.5 Å². The van der Waals surface area contributed by atoms with Gasteiger partial charge >= 0.3 is 5.97 Å². The number of nitrogens with one attached hydrogen (secondary N) is 1. The molecule has 2 aromatic heterocycles. The minimum atomic E-state index is -3.89. The maximum absolute atomic E-state index is 13.1. The van der Waals surface area contributed by atoms with Crippen LogP contribution in [0.3, 0.4) is 0 Å². The van der Waals surface area contributed by atoms with Crippen LogP contribution in [0.15, 0.2) is 41.3 Å². The molecule has 31 heavy (non-hydrogen) atoms. The highest BCUT2D eigenvalue weighted by molar-refractivity contribution is 7.89. The van der Waals surface area contributed by atoms with Gasteiger partial charge in [-0.15, -0.1) is 0 Å². The Labute approximate surface area is 182 Å². The van der Waals surface area contributed by atoms with E-state index in [9.17, 15) is 22.4 Å². The third-order valence-electron chi connectivity index (χ3n) is 5.16. The van der Waals surface area contributed by atoms with Crippen LogP contribution in [0.4, 0.5) is 4.39 Å². The number of nitrogens with zero attached hydrogens (tertiary/aromatic N) is 2. The number of ether oxygens (including phenoxy) is 1. The van der Waals surface area contributed by atoms with E-state index in [1.54, 1.807) is 10.6 Å². The molecule has 1 aliphatic heterocycles. The highest BCUT2D eigenvalue weighted by atomic mass is 35.5. The summed E-state index contributed by atoms with van der Waals surface area (Å²) in [4.78, 5) is 28.8. The third-order valence-corrected chi connectivity index (χ3v) is 6.90. The lowest BCUT2D eigenvalue weighted by atomic mass is 10.0. The Kier molecular flexibility index (Phi) is 5.54. The third kappa shape index (κ3) is 3.93. The summed E-state index contributed by atoms with van der Waals surface area (Å²) >= 11 is 6.03. The zero-order valence-electron chi connectivity index (χ0n) is 16.3. The van der Waals surface area contributed by atoms with Crippen LogP contribution < -0.4 is 4.72 Å². The molecule has 11 heteroatoms. The van der Waals surface area contributed by atoms with Gasteiger partial charge < -0.3 is 9.30 Å². The lowest BCUT2D eigenvalue weighted by Crippen LogP contribution is -2.41. The molecule has 1 unspecified atom stereocenters. The fourth-order valence-electron chi connectivity index (χ4n) is 3.77. The summed E-state index contributed by atoms with van der Waals surface area (Å²) in [5, 5.41) is 0.635. The smallest absolute Gasteiger partial charge is 0.379 e. The molecule has 3 heterocycles. The minimum absolute atomic E-state index is 0.0558. The van der Waals surface area contributed by atoms with Gasteiger partial charge in [0.15, 0.2) is 0 Å². The fourth-order valence-corrected chi connectivity index (χ4v) is 5.17. The summed E-state index contributed by atoms with van der Waals surface area (Å²) in [6.07, 6.45) is 0.703. The van der Waals surface area contributed by atoms with E-state index < -0.39 is 33.6 Å². The lowest BCUT2D eigenvalue weighted by molar-refractivity contribution is -0.135. The molecular weight excluding hydrogens is 449 g/mol.